The van der Waals surface area contributed by atoms with Crippen LogP contribution >= 0.6 is 0 Å². The fourth-order valence-electron chi connectivity index (χ4n) is 4.08. The second-order valence-corrected chi connectivity index (χ2v) is 5.00. The van der Waals surface area contributed by atoms with Crippen LogP contribution in [0, 0.1) is 17.3 Å². The number of hydrogen-bond acceptors (Lipinski definition) is 2. The minimum Gasteiger partial charge on any atom is -0.481 e. The monoisotopic (exact) mass is 196 g/mol. The molecule has 3 unspecified atom stereocenters. The third kappa shape index (κ3) is 0.842. The summed E-state index contributed by atoms with van der Waals surface area (Å²) in [6, 6.07) is 0. The molecule has 2 aliphatic carbocycles. The molecule has 0 aromatic carbocycles. The molecule has 3 atom stereocenters. The zero-order valence-corrected chi connectivity index (χ0v) is 8.24. The highest BCUT2D eigenvalue weighted by molar-refractivity contribution is 5.73. The van der Waals surface area contributed by atoms with E-state index in [1.54, 1.807) is 0 Å². The van der Waals surface area contributed by atoms with E-state index in [2.05, 4.69) is 0 Å². The van der Waals surface area contributed by atoms with E-state index in [0.29, 0.717) is 5.92 Å². The largest absolute Gasteiger partial charge is 0.481 e. The van der Waals surface area contributed by atoms with Crippen LogP contribution in [0.1, 0.15) is 32.1 Å². The summed E-state index contributed by atoms with van der Waals surface area (Å²) in [5, 5.41) is 9.25. The molecule has 2 saturated carbocycles. The molecular weight excluding hydrogens is 180 g/mol. The molecule has 1 N–H and O–H groups in total. The summed E-state index contributed by atoms with van der Waals surface area (Å²) in [5.74, 6) is -0.359. The molecule has 3 nitrogen and oxygen atoms in total. The minimum atomic E-state index is -0.585. The first kappa shape index (κ1) is 8.72. The zero-order valence-electron chi connectivity index (χ0n) is 8.24. The van der Waals surface area contributed by atoms with Crippen LogP contribution in [0.4, 0.5) is 0 Å². The number of rotatable bonds is 1. The quantitative estimate of drug-likeness (QED) is 0.693. The van der Waals surface area contributed by atoms with E-state index in [9.17, 15) is 9.90 Å². The Morgan fingerprint density at radius 1 is 1.36 bits per heavy atom. The molecule has 0 aromatic heterocycles. The van der Waals surface area contributed by atoms with Crippen LogP contribution in [-0.2, 0) is 9.53 Å². The predicted molar refractivity (Wildman–Crippen MR) is 49.9 cm³/mol. The van der Waals surface area contributed by atoms with Crippen molar-refractivity contribution in [2.45, 2.75) is 38.2 Å². The summed E-state index contributed by atoms with van der Waals surface area (Å²) in [4.78, 5) is 11.2. The maximum atomic E-state index is 11.2. The normalized spacial score (nSPS) is 43.6. The van der Waals surface area contributed by atoms with Crippen molar-refractivity contribution in [1.29, 1.82) is 0 Å². The topological polar surface area (TPSA) is 46.5 Å². The zero-order chi connectivity index (χ0) is 9.76. The van der Waals surface area contributed by atoms with Gasteiger partial charge in [-0.25, -0.2) is 0 Å². The van der Waals surface area contributed by atoms with E-state index in [1.165, 1.54) is 12.8 Å². The number of aliphatic carboxylic acids is 1. The Balaban J connectivity index is 1.91. The van der Waals surface area contributed by atoms with Gasteiger partial charge in [-0.1, -0.05) is 12.8 Å². The average molecular weight is 196 g/mol. The molecule has 1 heterocycles. The van der Waals surface area contributed by atoms with Gasteiger partial charge in [-0.3, -0.25) is 4.79 Å². The molecule has 3 rings (SSSR count). The van der Waals surface area contributed by atoms with Gasteiger partial charge < -0.3 is 9.84 Å². The average Bonchev–Trinajstić information content (AvgIpc) is 2.68. The highest BCUT2D eigenvalue weighted by atomic mass is 16.5. The molecule has 3 fully saturated rings. The van der Waals surface area contributed by atoms with Gasteiger partial charge >= 0.3 is 5.97 Å². The second kappa shape index (κ2) is 2.72. The third-order valence-electron chi connectivity index (χ3n) is 4.55. The maximum Gasteiger partial charge on any atom is 0.307 e. The van der Waals surface area contributed by atoms with E-state index in [4.69, 9.17) is 4.74 Å². The van der Waals surface area contributed by atoms with Crippen molar-refractivity contribution in [3.8, 4) is 0 Å². The number of ether oxygens (including phenoxy) is 1. The molecule has 1 spiro atoms. The van der Waals surface area contributed by atoms with Gasteiger partial charge in [0.25, 0.3) is 0 Å². The molecule has 1 saturated heterocycles. The lowest BCUT2D eigenvalue weighted by atomic mass is 9.50. The SMILES string of the molecule is O=C(O)C1C2CCOC2C12CCCC2. The maximum absolute atomic E-state index is 11.2. The molecule has 0 aromatic rings. The van der Waals surface area contributed by atoms with Crippen molar-refractivity contribution in [1.82, 2.24) is 0 Å². The summed E-state index contributed by atoms with van der Waals surface area (Å²) in [7, 11) is 0. The first-order valence-electron chi connectivity index (χ1n) is 5.60. The first-order chi connectivity index (χ1) is 6.76. The van der Waals surface area contributed by atoms with Crippen molar-refractivity contribution in [3.63, 3.8) is 0 Å². The predicted octanol–water partition coefficient (Wildman–Crippen LogP) is 1.67. The molecule has 14 heavy (non-hydrogen) atoms. The highest BCUT2D eigenvalue weighted by Gasteiger charge is 2.67. The van der Waals surface area contributed by atoms with Gasteiger partial charge in [-0.15, -0.1) is 0 Å². The number of hydrogen-bond donors (Lipinski definition) is 1. The Morgan fingerprint density at radius 3 is 2.71 bits per heavy atom. The number of carbonyl (C=O) groups is 1. The summed E-state index contributed by atoms with van der Waals surface area (Å²) in [6.07, 6.45) is 5.78. The lowest BCUT2D eigenvalue weighted by Crippen LogP contribution is -2.60. The van der Waals surface area contributed by atoms with Gasteiger partial charge in [0.05, 0.1) is 12.0 Å². The fourth-order valence-corrected chi connectivity index (χ4v) is 4.08. The number of carboxylic acid groups (broad SMARTS) is 1. The van der Waals surface area contributed by atoms with E-state index in [1.807, 2.05) is 0 Å². The number of fused-ring (bicyclic) bond motifs is 2. The lowest BCUT2D eigenvalue weighted by molar-refractivity contribution is -0.189. The van der Waals surface area contributed by atoms with Crippen LogP contribution in [0.3, 0.4) is 0 Å². The van der Waals surface area contributed by atoms with Crippen molar-refractivity contribution in [2.75, 3.05) is 6.61 Å². The van der Waals surface area contributed by atoms with Gasteiger partial charge in [-0.2, -0.15) is 0 Å². The van der Waals surface area contributed by atoms with E-state index in [-0.39, 0.29) is 17.4 Å². The van der Waals surface area contributed by atoms with E-state index in [0.717, 1.165) is 25.9 Å². The van der Waals surface area contributed by atoms with Crippen molar-refractivity contribution in [2.24, 2.45) is 17.3 Å². The van der Waals surface area contributed by atoms with Crippen molar-refractivity contribution >= 4 is 5.97 Å². The first-order valence-corrected chi connectivity index (χ1v) is 5.60. The summed E-state index contributed by atoms with van der Waals surface area (Å²) < 4.78 is 5.71. The molecule has 3 aliphatic rings. The molecule has 78 valence electrons. The van der Waals surface area contributed by atoms with Gasteiger partial charge in [0.2, 0.25) is 0 Å². The molecule has 0 amide bonds. The molecule has 0 bridgehead atoms. The summed E-state index contributed by atoms with van der Waals surface area (Å²) in [5.41, 5.74) is 0.0347. The Kier molecular flexibility index (Phi) is 1.69. The Labute approximate surface area is 83.4 Å². The highest BCUT2D eigenvalue weighted by Crippen LogP contribution is 2.64. The summed E-state index contributed by atoms with van der Waals surface area (Å²) in [6.45, 7) is 0.779. The minimum absolute atomic E-state index is 0.0347. The Hall–Kier alpha value is -0.570. The van der Waals surface area contributed by atoms with E-state index < -0.39 is 5.97 Å². The van der Waals surface area contributed by atoms with Crippen LogP contribution in [0.2, 0.25) is 0 Å². The van der Waals surface area contributed by atoms with E-state index >= 15 is 0 Å². The fraction of sp³-hybridized carbons (Fsp3) is 0.909. The summed E-state index contributed by atoms with van der Waals surface area (Å²) >= 11 is 0. The van der Waals surface area contributed by atoms with Gasteiger partial charge in [0, 0.05) is 17.9 Å². The van der Waals surface area contributed by atoms with Crippen LogP contribution in [0.15, 0.2) is 0 Å². The number of carboxylic acids is 1. The van der Waals surface area contributed by atoms with Crippen molar-refractivity contribution in [3.05, 3.63) is 0 Å². The van der Waals surface area contributed by atoms with Crippen LogP contribution < -0.4 is 0 Å². The van der Waals surface area contributed by atoms with Crippen LogP contribution in [0.25, 0.3) is 0 Å². The third-order valence-corrected chi connectivity index (χ3v) is 4.55. The van der Waals surface area contributed by atoms with Gasteiger partial charge in [0.1, 0.15) is 0 Å². The smallest absolute Gasteiger partial charge is 0.307 e. The molecular formula is C11H16O3. The lowest BCUT2D eigenvalue weighted by Gasteiger charge is -2.54. The molecule has 1 aliphatic heterocycles. The second-order valence-electron chi connectivity index (χ2n) is 5.00. The van der Waals surface area contributed by atoms with Crippen LogP contribution in [-0.4, -0.2) is 23.8 Å². The standard InChI is InChI=1S/C11H16O3/c12-10(13)8-7-3-6-14-9(7)11(8)4-1-2-5-11/h7-9H,1-6H2,(H,12,13). The molecule has 0 radical (unpaired) electrons. The van der Waals surface area contributed by atoms with Crippen LogP contribution in [0.5, 0.6) is 0 Å². The van der Waals surface area contributed by atoms with Crippen molar-refractivity contribution < 1.29 is 14.6 Å². The Bertz CT molecular complexity index is 268. The van der Waals surface area contributed by atoms with Gasteiger partial charge in [0.15, 0.2) is 0 Å². The van der Waals surface area contributed by atoms with Gasteiger partial charge in [-0.05, 0) is 19.3 Å². The Morgan fingerprint density at radius 2 is 2.07 bits per heavy atom. The molecule has 3 heteroatoms.